The van der Waals surface area contributed by atoms with Crippen molar-refractivity contribution in [1.82, 2.24) is 4.98 Å². The Morgan fingerprint density at radius 1 is 1.14 bits per heavy atom. The molecule has 0 aliphatic carbocycles. The lowest BCUT2D eigenvalue weighted by atomic mass is 10.1. The first-order chi connectivity index (χ1) is 10.6. The summed E-state index contributed by atoms with van der Waals surface area (Å²) < 4.78 is 0. The van der Waals surface area contributed by atoms with Gasteiger partial charge in [0.2, 0.25) is 5.91 Å². The van der Waals surface area contributed by atoms with Gasteiger partial charge in [0.1, 0.15) is 0 Å². The zero-order chi connectivity index (χ0) is 15.5. The van der Waals surface area contributed by atoms with Gasteiger partial charge in [-0.05, 0) is 36.8 Å². The number of hydrogen-bond donors (Lipinski definition) is 2. The molecule has 0 unspecified atom stereocenters. The van der Waals surface area contributed by atoms with Crippen molar-refractivity contribution >= 4 is 28.2 Å². The topological polar surface area (TPSA) is 68.0 Å². The quantitative estimate of drug-likeness (QED) is 0.727. The van der Waals surface area contributed by atoms with Gasteiger partial charge in [0.15, 0.2) is 0 Å². The van der Waals surface area contributed by atoms with Gasteiger partial charge in [0.25, 0.3) is 0 Å². The molecule has 0 radical (unpaired) electrons. The number of nitrogens with one attached hydrogen (secondary N) is 1. The Bertz CT molecular complexity index is 843. The van der Waals surface area contributed by atoms with Crippen LogP contribution in [0.15, 0.2) is 54.6 Å². The lowest BCUT2D eigenvalue weighted by Gasteiger charge is -2.07. The summed E-state index contributed by atoms with van der Waals surface area (Å²) in [6.45, 7) is 1.99. The van der Waals surface area contributed by atoms with E-state index >= 15 is 0 Å². The zero-order valence-corrected chi connectivity index (χ0v) is 12.3. The second kappa shape index (κ2) is 5.85. The van der Waals surface area contributed by atoms with E-state index in [1.807, 2.05) is 61.5 Å². The monoisotopic (exact) mass is 291 g/mol. The van der Waals surface area contributed by atoms with Crippen LogP contribution in [0.25, 0.3) is 10.9 Å². The van der Waals surface area contributed by atoms with Crippen molar-refractivity contribution in [3.05, 3.63) is 65.9 Å². The molecule has 110 valence electrons. The van der Waals surface area contributed by atoms with Crippen LogP contribution >= 0.6 is 0 Å². The van der Waals surface area contributed by atoms with Crippen molar-refractivity contribution in [1.29, 1.82) is 0 Å². The minimum absolute atomic E-state index is 0.0908. The van der Waals surface area contributed by atoms with Crippen molar-refractivity contribution in [3.63, 3.8) is 0 Å². The summed E-state index contributed by atoms with van der Waals surface area (Å²) >= 11 is 0. The molecule has 0 bridgehead atoms. The Morgan fingerprint density at radius 2 is 1.95 bits per heavy atom. The van der Waals surface area contributed by atoms with Crippen molar-refractivity contribution in [3.8, 4) is 0 Å². The molecule has 1 amide bonds. The Morgan fingerprint density at radius 3 is 2.77 bits per heavy atom. The first-order valence-corrected chi connectivity index (χ1v) is 7.12. The number of fused-ring (bicyclic) bond motifs is 1. The first-order valence-electron chi connectivity index (χ1n) is 7.12. The molecule has 3 rings (SSSR count). The number of carbonyl (C=O) groups excluding carboxylic acids is 1. The lowest BCUT2D eigenvalue weighted by molar-refractivity contribution is -0.115. The van der Waals surface area contributed by atoms with Crippen molar-refractivity contribution in [2.75, 3.05) is 11.1 Å². The normalized spacial score (nSPS) is 10.6. The molecule has 0 saturated carbocycles. The maximum atomic E-state index is 12.1. The smallest absolute Gasteiger partial charge is 0.230 e. The third kappa shape index (κ3) is 3.06. The SMILES string of the molecule is Cc1cccc(NC(=O)Cc2ccc3cccc(N)c3n2)c1. The van der Waals surface area contributed by atoms with E-state index < -0.39 is 0 Å². The highest BCUT2D eigenvalue weighted by Gasteiger charge is 2.07. The van der Waals surface area contributed by atoms with Crippen molar-refractivity contribution in [2.45, 2.75) is 13.3 Å². The Kier molecular flexibility index (Phi) is 3.74. The number of pyridine rings is 1. The lowest BCUT2D eigenvalue weighted by Crippen LogP contribution is -2.15. The molecule has 1 aromatic heterocycles. The van der Waals surface area contributed by atoms with Gasteiger partial charge in [-0.2, -0.15) is 0 Å². The molecule has 4 nitrogen and oxygen atoms in total. The molecule has 3 aromatic rings. The molecule has 0 spiro atoms. The highest BCUT2D eigenvalue weighted by atomic mass is 16.1. The van der Waals surface area contributed by atoms with Crippen LogP contribution in [0.4, 0.5) is 11.4 Å². The Labute approximate surface area is 129 Å². The molecular formula is C18H17N3O. The van der Waals surface area contributed by atoms with Crippen molar-refractivity contribution in [2.24, 2.45) is 0 Å². The number of aryl methyl sites for hydroxylation is 1. The van der Waals surface area contributed by atoms with Crippen molar-refractivity contribution < 1.29 is 4.79 Å². The third-order valence-corrected chi connectivity index (χ3v) is 3.45. The minimum Gasteiger partial charge on any atom is -0.397 e. The van der Waals surface area contributed by atoms with Crippen LogP contribution < -0.4 is 11.1 Å². The second-order valence-corrected chi connectivity index (χ2v) is 5.32. The number of amides is 1. The van der Waals surface area contributed by atoms with Gasteiger partial charge in [-0.15, -0.1) is 0 Å². The summed E-state index contributed by atoms with van der Waals surface area (Å²) in [5.41, 5.74) is 9.90. The fourth-order valence-corrected chi connectivity index (χ4v) is 2.40. The predicted molar refractivity (Wildman–Crippen MR) is 89.7 cm³/mol. The third-order valence-electron chi connectivity index (χ3n) is 3.45. The Hall–Kier alpha value is -2.88. The number of rotatable bonds is 3. The van der Waals surface area contributed by atoms with E-state index in [0.717, 1.165) is 22.2 Å². The molecule has 2 aromatic carbocycles. The molecule has 0 aliphatic rings. The number of nitrogens with zero attached hydrogens (tertiary/aromatic N) is 1. The van der Waals surface area contributed by atoms with Crippen LogP contribution in [0.5, 0.6) is 0 Å². The van der Waals surface area contributed by atoms with Crippen LogP contribution in [0.1, 0.15) is 11.3 Å². The largest absolute Gasteiger partial charge is 0.397 e. The summed E-state index contributed by atoms with van der Waals surface area (Å²) in [7, 11) is 0. The molecule has 4 heteroatoms. The summed E-state index contributed by atoms with van der Waals surface area (Å²) in [6.07, 6.45) is 0.220. The van der Waals surface area contributed by atoms with E-state index in [9.17, 15) is 4.79 Å². The molecule has 0 saturated heterocycles. The number of aromatic nitrogens is 1. The number of nitrogen functional groups attached to an aromatic ring is 1. The highest BCUT2D eigenvalue weighted by Crippen LogP contribution is 2.19. The van der Waals surface area contributed by atoms with E-state index in [0.29, 0.717) is 11.4 Å². The van der Waals surface area contributed by atoms with E-state index in [4.69, 9.17) is 5.73 Å². The average Bonchev–Trinajstić information content (AvgIpc) is 2.48. The molecule has 0 atom stereocenters. The van der Waals surface area contributed by atoms with E-state index in [-0.39, 0.29) is 12.3 Å². The van der Waals surface area contributed by atoms with E-state index in [1.165, 1.54) is 0 Å². The van der Waals surface area contributed by atoms with Gasteiger partial charge in [-0.25, -0.2) is 0 Å². The molecule has 22 heavy (non-hydrogen) atoms. The minimum atomic E-state index is -0.0908. The predicted octanol–water partition coefficient (Wildman–Crippen LogP) is 3.31. The van der Waals surface area contributed by atoms with Crippen LogP contribution in [-0.2, 0) is 11.2 Å². The molecule has 0 aliphatic heterocycles. The van der Waals surface area contributed by atoms with E-state index in [2.05, 4.69) is 10.3 Å². The maximum Gasteiger partial charge on any atom is 0.230 e. The van der Waals surface area contributed by atoms with Gasteiger partial charge in [-0.1, -0.05) is 30.3 Å². The summed E-state index contributed by atoms with van der Waals surface area (Å²) in [5, 5.41) is 3.86. The molecule has 1 heterocycles. The number of hydrogen-bond acceptors (Lipinski definition) is 3. The first kappa shape index (κ1) is 14.1. The fraction of sp³-hybridized carbons (Fsp3) is 0.111. The van der Waals surface area contributed by atoms with Crippen LogP contribution in [0.2, 0.25) is 0 Å². The highest BCUT2D eigenvalue weighted by molar-refractivity contribution is 5.93. The zero-order valence-electron chi connectivity index (χ0n) is 12.3. The van der Waals surface area contributed by atoms with Crippen LogP contribution in [0, 0.1) is 6.92 Å². The van der Waals surface area contributed by atoms with Gasteiger partial charge in [0.05, 0.1) is 23.3 Å². The average molecular weight is 291 g/mol. The number of anilines is 2. The van der Waals surface area contributed by atoms with Gasteiger partial charge in [0, 0.05) is 11.1 Å². The summed E-state index contributed by atoms with van der Waals surface area (Å²) in [6, 6.07) is 17.2. The number of benzene rings is 2. The van der Waals surface area contributed by atoms with Gasteiger partial charge in [-0.3, -0.25) is 9.78 Å². The van der Waals surface area contributed by atoms with Gasteiger partial charge >= 0.3 is 0 Å². The summed E-state index contributed by atoms with van der Waals surface area (Å²) in [5.74, 6) is -0.0908. The maximum absolute atomic E-state index is 12.1. The number of carbonyl (C=O) groups is 1. The standard InChI is InChI=1S/C18H17N3O/c1-12-4-2-6-14(10-12)20-17(22)11-15-9-8-13-5-3-7-16(19)18(13)21-15/h2-10H,11,19H2,1H3,(H,20,22). The van der Waals surface area contributed by atoms with Crippen LogP contribution in [0.3, 0.4) is 0 Å². The molecular weight excluding hydrogens is 274 g/mol. The van der Waals surface area contributed by atoms with E-state index in [1.54, 1.807) is 0 Å². The molecule has 0 fully saturated rings. The Balaban J connectivity index is 1.78. The fourth-order valence-electron chi connectivity index (χ4n) is 2.40. The second-order valence-electron chi connectivity index (χ2n) is 5.32. The number of nitrogens with two attached hydrogens (primary N) is 1. The van der Waals surface area contributed by atoms with Gasteiger partial charge < -0.3 is 11.1 Å². The number of para-hydroxylation sites is 1. The molecule has 3 N–H and O–H groups in total. The summed E-state index contributed by atoms with van der Waals surface area (Å²) in [4.78, 5) is 16.6. The van der Waals surface area contributed by atoms with Crippen LogP contribution in [-0.4, -0.2) is 10.9 Å².